The third kappa shape index (κ3) is 2.84. The lowest BCUT2D eigenvalue weighted by Crippen LogP contribution is -2.46. The van der Waals surface area contributed by atoms with Crippen molar-refractivity contribution in [2.24, 2.45) is 11.3 Å². The molecule has 0 aromatic carbocycles. The average molecular weight is 279 g/mol. The molecular formula is C12H16F3NO3. The molecule has 2 unspecified atom stereocenters. The molecule has 2 aliphatic rings. The number of hydrogen-bond donors (Lipinski definition) is 2. The van der Waals surface area contributed by atoms with Crippen LogP contribution in [-0.2, 0) is 9.59 Å². The molecule has 0 heterocycles. The maximum Gasteiger partial charge on any atom is 0.391 e. The van der Waals surface area contributed by atoms with E-state index < -0.39 is 35.4 Å². The smallest absolute Gasteiger partial charge is 0.391 e. The molecule has 0 spiro atoms. The zero-order valence-corrected chi connectivity index (χ0v) is 10.3. The third-order valence-corrected chi connectivity index (χ3v) is 4.07. The molecule has 2 saturated carbocycles. The van der Waals surface area contributed by atoms with Gasteiger partial charge in [-0.05, 0) is 32.1 Å². The Morgan fingerprint density at radius 2 is 1.84 bits per heavy atom. The van der Waals surface area contributed by atoms with E-state index in [9.17, 15) is 22.8 Å². The lowest BCUT2D eigenvalue weighted by atomic mass is 9.85. The van der Waals surface area contributed by atoms with Gasteiger partial charge in [0, 0.05) is 6.04 Å². The SMILES string of the molecule is O=C(O)C1(C(=O)NC2CCCC(C(F)(F)F)C2)CC1. The largest absolute Gasteiger partial charge is 0.480 e. The van der Waals surface area contributed by atoms with Crippen LogP contribution >= 0.6 is 0 Å². The van der Waals surface area contributed by atoms with Gasteiger partial charge >= 0.3 is 12.1 Å². The Bertz CT molecular complexity index is 390. The summed E-state index contributed by atoms with van der Waals surface area (Å²) in [7, 11) is 0. The highest BCUT2D eigenvalue weighted by molar-refractivity contribution is 6.04. The van der Waals surface area contributed by atoms with Crippen LogP contribution in [0.4, 0.5) is 13.2 Å². The summed E-state index contributed by atoms with van der Waals surface area (Å²) in [5, 5.41) is 11.4. The highest BCUT2D eigenvalue weighted by atomic mass is 19.4. The number of carboxylic acid groups (broad SMARTS) is 1. The Morgan fingerprint density at radius 1 is 1.21 bits per heavy atom. The molecule has 4 nitrogen and oxygen atoms in total. The Hall–Kier alpha value is -1.27. The Kier molecular flexibility index (Phi) is 3.49. The van der Waals surface area contributed by atoms with Crippen LogP contribution in [0.25, 0.3) is 0 Å². The minimum absolute atomic E-state index is 0.0833. The molecule has 108 valence electrons. The predicted octanol–water partition coefficient (Wildman–Crippen LogP) is 2.09. The van der Waals surface area contributed by atoms with Crippen molar-refractivity contribution in [1.82, 2.24) is 5.32 Å². The standard InChI is InChI=1S/C12H16F3NO3/c13-12(14,15)7-2-1-3-8(6-7)16-9(17)11(4-5-11)10(18)19/h7-8H,1-6H2,(H,16,17)(H,18,19). The quantitative estimate of drug-likeness (QED) is 0.777. The number of alkyl halides is 3. The van der Waals surface area contributed by atoms with Crippen LogP contribution in [-0.4, -0.2) is 29.2 Å². The summed E-state index contributed by atoms with van der Waals surface area (Å²) in [6, 6.07) is -0.565. The molecular weight excluding hydrogens is 263 g/mol. The van der Waals surface area contributed by atoms with Crippen LogP contribution < -0.4 is 5.32 Å². The summed E-state index contributed by atoms with van der Waals surface area (Å²) in [6.45, 7) is 0. The van der Waals surface area contributed by atoms with Gasteiger partial charge in [-0.15, -0.1) is 0 Å². The summed E-state index contributed by atoms with van der Waals surface area (Å²) in [6.07, 6.45) is -2.89. The maximum absolute atomic E-state index is 12.6. The van der Waals surface area contributed by atoms with Gasteiger partial charge in [-0.1, -0.05) is 6.42 Å². The second-order valence-corrected chi connectivity index (χ2v) is 5.46. The summed E-state index contributed by atoms with van der Waals surface area (Å²) in [4.78, 5) is 22.8. The number of aliphatic carboxylic acids is 1. The van der Waals surface area contributed by atoms with Crippen molar-refractivity contribution in [3.8, 4) is 0 Å². The first-order valence-electron chi connectivity index (χ1n) is 6.37. The van der Waals surface area contributed by atoms with Gasteiger partial charge in [0.2, 0.25) is 5.91 Å². The van der Waals surface area contributed by atoms with Crippen molar-refractivity contribution < 1.29 is 27.9 Å². The van der Waals surface area contributed by atoms with Crippen molar-refractivity contribution in [2.45, 2.75) is 50.7 Å². The van der Waals surface area contributed by atoms with Gasteiger partial charge in [0.15, 0.2) is 0 Å². The van der Waals surface area contributed by atoms with E-state index in [1.807, 2.05) is 0 Å². The highest BCUT2D eigenvalue weighted by Gasteiger charge is 2.57. The molecule has 0 aromatic heterocycles. The molecule has 19 heavy (non-hydrogen) atoms. The summed E-state index contributed by atoms with van der Waals surface area (Å²) < 4.78 is 37.9. The van der Waals surface area contributed by atoms with Crippen LogP contribution in [0.2, 0.25) is 0 Å². The number of rotatable bonds is 3. The number of hydrogen-bond acceptors (Lipinski definition) is 2. The predicted molar refractivity (Wildman–Crippen MR) is 59.2 cm³/mol. The van der Waals surface area contributed by atoms with Crippen molar-refractivity contribution in [2.75, 3.05) is 0 Å². The minimum atomic E-state index is -4.24. The Labute approximate surface area is 108 Å². The van der Waals surface area contributed by atoms with E-state index in [2.05, 4.69) is 5.32 Å². The monoisotopic (exact) mass is 279 g/mol. The van der Waals surface area contributed by atoms with Gasteiger partial charge < -0.3 is 10.4 Å². The van der Waals surface area contributed by atoms with Gasteiger partial charge in [-0.2, -0.15) is 13.2 Å². The maximum atomic E-state index is 12.6. The van der Waals surface area contributed by atoms with Gasteiger partial charge in [0.05, 0.1) is 5.92 Å². The normalized spacial score (nSPS) is 29.6. The van der Waals surface area contributed by atoms with Crippen LogP contribution in [0.1, 0.15) is 38.5 Å². The van der Waals surface area contributed by atoms with Crippen molar-refractivity contribution in [1.29, 1.82) is 0 Å². The fraction of sp³-hybridized carbons (Fsp3) is 0.833. The molecule has 2 atom stereocenters. The lowest BCUT2D eigenvalue weighted by molar-refractivity contribution is -0.184. The first-order chi connectivity index (χ1) is 8.75. The molecule has 2 rings (SSSR count). The summed E-state index contributed by atoms with van der Waals surface area (Å²) in [5.41, 5.74) is -1.38. The molecule has 2 fully saturated rings. The number of amides is 1. The first-order valence-corrected chi connectivity index (χ1v) is 6.37. The number of carbonyl (C=O) groups excluding carboxylic acids is 1. The number of nitrogens with one attached hydrogen (secondary N) is 1. The van der Waals surface area contributed by atoms with Gasteiger partial charge in [-0.25, -0.2) is 0 Å². The van der Waals surface area contributed by atoms with E-state index in [-0.39, 0.29) is 25.7 Å². The van der Waals surface area contributed by atoms with E-state index in [0.29, 0.717) is 12.8 Å². The van der Waals surface area contributed by atoms with Crippen molar-refractivity contribution in [3.63, 3.8) is 0 Å². The topological polar surface area (TPSA) is 66.4 Å². The molecule has 0 saturated heterocycles. The summed E-state index contributed by atoms with van der Waals surface area (Å²) in [5.74, 6) is -3.22. The van der Waals surface area contributed by atoms with Gasteiger partial charge in [0.25, 0.3) is 0 Å². The molecule has 0 bridgehead atoms. The second kappa shape index (κ2) is 4.68. The lowest BCUT2D eigenvalue weighted by Gasteiger charge is -2.31. The van der Waals surface area contributed by atoms with E-state index >= 15 is 0 Å². The molecule has 7 heteroatoms. The fourth-order valence-electron chi connectivity index (χ4n) is 2.60. The number of carboxylic acids is 1. The average Bonchev–Trinajstić information content (AvgIpc) is 3.09. The molecule has 2 N–H and O–H groups in total. The van der Waals surface area contributed by atoms with Crippen LogP contribution in [0.15, 0.2) is 0 Å². The highest BCUT2D eigenvalue weighted by Crippen LogP contribution is 2.46. The zero-order chi connectivity index (χ0) is 14.3. The second-order valence-electron chi connectivity index (χ2n) is 5.46. The number of halogens is 3. The summed E-state index contributed by atoms with van der Waals surface area (Å²) >= 11 is 0. The van der Waals surface area contributed by atoms with Crippen molar-refractivity contribution in [3.05, 3.63) is 0 Å². The molecule has 0 aromatic rings. The Morgan fingerprint density at radius 3 is 2.32 bits per heavy atom. The minimum Gasteiger partial charge on any atom is -0.480 e. The van der Waals surface area contributed by atoms with Crippen molar-refractivity contribution >= 4 is 11.9 Å². The Balaban J connectivity index is 1.93. The molecule has 0 radical (unpaired) electrons. The van der Waals surface area contributed by atoms with Crippen LogP contribution in [0.5, 0.6) is 0 Å². The molecule has 0 aliphatic heterocycles. The third-order valence-electron chi connectivity index (χ3n) is 4.07. The fourth-order valence-corrected chi connectivity index (χ4v) is 2.60. The molecule has 1 amide bonds. The van der Waals surface area contributed by atoms with E-state index in [4.69, 9.17) is 5.11 Å². The van der Waals surface area contributed by atoms with Crippen LogP contribution in [0.3, 0.4) is 0 Å². The van der Waals surface area contributed by atoms with Gasteiger partial charge in [-0.3, -0.25) is 9.59 Å². The van der Waals surface area contributed by atoms with E-state index in [0.717, 1.165) is 0 Å². The van der Waals surface area contributed by atoms with Crippen LogP contribution in [0, 0.1) is 11.3 Å². The first kappa shape index (κ1) is 14.1. The number of carbonyl (C=O) groups is 2. The molecule has 2 aliphatic carbocycles. The van der Waals surface area contributed by atoms with E-state index in [1.165, 1.54) is 0 Å². The van der Waals surface area contributed by atoms with Gasteiger partial charge in [0.1, 0.15) is 5.41 Å². The zero-order valence-electron chi connectivity index (χ0n) is 10.3. The van der Waals surface area contributed by atoms with E-state index in [1.54, 1.807) is 0 Å².